The minimum Gasteiger partial charge on any atom is -0.322 e. The summed E-state index contributed by atoms with van der Waals surface area (Å²) in [6, 6.07) is 16.6. The van der Waals surface area contributed by atoms with Crippen LogP contribution in [-0.4, -0.2) is 16.8 Å². The van der Waals surface area contributed by atoms with Gasteiger partial charge < -0.3 is 10.6 Å². The van der Waals surface area contributed by atoms with Crippen LogP contribution in [0.2, 0.25) is 0 Å². The number of hydrogen-bond acceptors (Lipinski definition) is 4. The molecule has 0 radical (unpaired) electrons. The van der Waals surface area contributed by atoms with Crippen LogP contribution in [0.25, 0.3) is 10.6 Å². The molecule has 0 aliphatic heterocycles. The van der Waals surface area contributed by atoms with Crippen molar-refractivity contribution >= 4 is 34.5 Å². The molecular weight excluding hydrogens is 470 g/mol. The first kappa shape index (κ1) is 23.1. The largest absolute Gasteiger partial charge is 0.418 e. The van der Waals surface area contributed by atoms with Crippen molar-refractivity contribution in [3.8, 4) is 10.6 Å². The number of thiazole rings is 1. The lowest BCUT2D eigenvalue weighted by atomic mass is 10.1. The zero-order valence-corrected chi connectivity index (χ0v) is 18.0. The lowest BCUT2D eigenvalue weighted by molar-refractivity contribution is -0.136. The zero-order chi connectivity index (χ0) is 24.3. The SMILES string of the molecule is O=C(Nc1ccc(NC(=O)c2csc(-c3ccccc3)n2)c(C(F)(F)F)c1)c1ccc(F)cc1. The summed E-state index contributed by atoms with van der Waals surface area (Å²) in [7, 11) is 0. The van der Waals surface area contributed by atoms with Gasteiger partial charge in [0.2, 0.25) is 0 Å². The molecule has 2 N–H and O–H groups in total. The van der Waals surface area contributed by atoms with Gasteiger partial charge in [0.25, 0.3) is 11.8 Å². The number of hydrogen-bond donors (Lipinski definition) is 2. The van der Waals surface area contributed by atoms with Gasteiger partial charge >= 0.3 is 6.18 Å². The van der Waals surface area contributed by atoms with E-state index in [1.54, 1.807) is 12.1 Å². The minimum absolute atomic E-state index is 0.0225. The molecule has 10 heteroatoms. The van der Waals surface area contributed by atoms with Crippen molar-refractivity contribution < 1.29 is 27.2 Å². The smallest absolute Gasteiger partial charge is 0.322 e. The van der Waals surface area contributed by atoms with Crippen molar-refractivity contribution in [2.75, 3.05) is 10.6 Å². The van der Waals surface area contributed by atoms with Crippen LogP contribution in [0.3, 0.4) is 0 Å². The van der Waals surface area contributed by atoms with Gasteiger partial charge in [0.15, 0.2) is 0 Å². The number of carbonyl (C=O) groups is 2. The molecule has 3 aromatic carbocycles. The average Bonchev–Trinajstić information content (AvgIpc) is 3.31. The summed E-state index contributed by atoms with van der Waals surface area (Å²) in [4.78, 5) is 29.0. The molecule has 1 aromatic heterocycles. The minimum atomic E-state index is -4.81. The summed E-state index contributed by atoms with van der Waals surface area (Å²) in [6.07, 6.45) is -4.81. The van der Waals surface area contributed by atoms with Crippen LogP contribution < -0.4 is 10.6 Å². The normalized spacial score (nSPS) is 11.2. The Morgan fingerprint density at radius 1 is 0.853 bits per heavy atom. The van der Waals surface area contributed by atoms with Gasteiger partial charge in [0.1, 0.15) is 16.5 Å². The van der Waals surface area contributed by atoms with E-state index in [1.165, 1.54) is 34.9 Å². The van der Waals surface area contributed by atoms with Crippen LogP contribution in [0.15, 0.2) is 78.2 Å². The molecule has 0 fully saturated rings. The van der Waals surface area contributed by atoms with E-state index in [0.717, 1.165) is 23.8 Å². The Labute approximate surface area is 195 Å². The van der Waals surface area contributed by atoms with E-state index in [2.05, 4.69) is 15.6 Å². The highest BCUT2D eigenvalue weighted by Crippen LogP contribution is 2.37. The molecule has 0 atom stereocenters. The summed E-state index contributed by atoms with van der Waals surface area (Å²) in [6.45, 7) is 0. The quantitative estimate of drug-likeness (QED) is 0.318. The van der Waals surface area contributed by atoms with Gasteiger partial charge in [-0.3, -0.25) is 9.59 Å². The zero-order valence-electron chi connectivity index (χ0n) is 17.2. The summed E-state index contributed by atoms with van der Waals surface area (Å²) in [5.41, 5.74) is -0.929. The van der Waals surface area contributed by atoms with E-state index in [0.29, 0.717) is 11.1 Å². The molecule has 0 unspecified atom stereocenters. The monoisotopic (exact) mass is 485 g/mol. The van der Waals surface area contributed by atoms with E-state index in [4.69, 9.17) is 0 Å². The van der Waals surface area contributed by atoms with Gasteiger partial charge in [0.05, 0.1) is 11.3 Å². The molecule has 0 saturated heterocycles. The van der Waals surface area contributed by atoms with Gasteiger partial charge in [-0.1, -0.05) is 30.3 Å². The molecule has 2 amide bonds. The second kappa shape index (κ2) is 9.44. The first-order valence-corrected chi connectivity index (χ1v) is 10.7. The summed E-state index contributed by atoms with van der Waals surface area (Å²) < 4.78 is 54.1. The Morgan fingerprint density at radius 3 is 2.24 bits per heavy atom. The standard InChI is InChI=1S/C24H15F4N3O2S/c25-16-8-6-14(7-9-16)21(32)29-17-10-11-19(18(12-17)24(26,27)28)30-22(33)20-13-34-23(31-20)15-4-2-1-3-5-15/h1-13H,(H,29,32)(H,30,33). The first-order valence-electron chi connectivity index (χ1n) is 9.81. The molecule has 0 saturated carbocycles. The fourth-order valence-electron chi connectivity index (χ4n) is 3.05. The Morgan fingerprint density at radius 2 is 1.56 bits per heavy atom. The van der Waals surface area contributed by atoms with Gasteiger partial charge in [-0.15, -0.1) is 11.3 Å². The number of benzene rings is 3. The Hall–Kier alpha value is -4.05. The number of aromatic nitrogens is 1. The van der Waals surface area contributed by atoms with E-state index in [9.17, 15) is 27.2 Å². The number of nitrogens with one attached hydrogen (secondary N) is 2. The predicted octanol–water partition coefficient (Wildman–Crippen LogP) is 6.47. The maximum Gasteiger partial charge on any atom is 0.418 e. The molecule has 1 heterocycles. The van der Waals surface area contributed by atoms with Crippen molar-refractivity contribution in [3.63, 3.8) is 0 Å². The van der Waals surface area contributed by atoms with Crippen LogP contribution in [0.4, 0.5) is 28.9 Å². The van der Waals surface area contributed by atoms with E-state index < -0.39 is 35.1 Å². The van der Waals surface area contributed by atoms with Crippen molar-refractivity contribution in [3.05, 3.63) is 101 Å². The summed E-state index contributed by atoms with van der Waals surface area (Å²) >= 11 is 1.19. The van der Waals surface area contributed by atoms with Crippen LogP contribution in [-0.2, 0) is 6.18 Å². The molecule has 5 nitrogen and oxygen atoms in total. The molecule has 0 aliphatic rings. The van der Waals surface area contributed by atoms with Crippen molar-refractivity contribution in [2.24, 2.45) is 0 Å². The van der Waals surface area contributed by atoms with Crippen molar-refractivity contribution in [1.29, 1.82) is 0 Å². The number of halogens is 4. The Balaban J connectivity index is 1.55. The topological polar surface area (TPSA) is 71.1 Å². The number of carbonyl (C=O) groups excluding carboxylic acids is 2. The number of amides is 2. The number of nitrogens with zero attached hydrogens (tertiary/aromatic N) is 1. The lowest BCUT2D eigenvalue weighted by Gasteiger charge is -2.15. The van der Waals surface area contributed by atoms with Crippen LogP contribution >= 0.6 is 11.3 Å². The summed E-state index contributed by atoms with van der Waals surface area (Å²) in [5, 5.41) is 6.60. The highest BCUT2D eigenvalue weighted by molar-refractivity contribution is 7.13. The number of alkyl halides is 3. The fourth-order valence-corrected chi connectivity index (χ4v) is 3.85. The van der Waals surface area contributed by atoms with Crippen LogP contribution in [0.1, 0.15) is 26.4 Å². The number of rotatable bonds is 5. The van der Waals surface area contributed by atoms with Crippen LogP contribution in [0, 0.1) is 5.82 Å². The van der Waals surface area contributed by atoms with Gasteiger partial charge in [0, 0.05) is 22.2 Å². The fraction of sp³-hybridized carbons (Fsp3) is 0.0417. The molecule has 172 valence electrons. The van der Waals surface area contributed by atoms with Crippen molar-refractivity contribution in [2.45, 2.75) is 6.18 Å². The highest BCUT2D eigenvalue weighted by Gasteiger charge is 2.34. The van der Waals surface area contributed by atoms with Crippen molar-refractivity contribution in [1.82, 2.24) is 4.98 Å². The van der Waals surface area contributed by atoms with Gasteiger partial charge in [-0.05, 0) is 42.5 Å². The highest BCUT2D eigenvalue weighted by atomic mass is 32.1. The third kappa shape index (κ3) is 5.29. The van der Waals surface area contributed by atoms with Gasteiger partial charge in [-0.25, -0.2) is 9.37 Å². The van der Waals surface area contributed by atoms with E-state index in [1.807, 2.05) is 18.2 Å². The molecule has 0 aliphatic carbocycles. The Kier molecular flexibility index (Phi) is 6.42. The van der Waals surface area contributed by atoms with E-state index >= 15 is 0 Å². The average molecular weight is 485 g/mol. The third-order valence-electron chi connectivity index (χ3n) is 4.70. The third-order valence-corrected chi connectivity index (χ3v) is 5.59. The predicted molar refractivity (Wildman–Crippen MR) is 121 cm³/mol. The number of anilines is 2. The first-order chi connectivity index (χ1) is 16.2. The molecule has 34 heavy (non-hydrogen) atoms. The maximum absolute atomic E-state index is 13.7. The molecular formula is C24H15F4N3O2S. The van der Waals surface area contributed by atoms with E-state index in [-0.39, 0.29) is 16.9 Å². The molecule has 4 aromatic rings. The molecule has 0 spiro atoms. The van der Waals surface area contributed by atoms with Crippen LogP contribution in [0.5, 0.6) is 0 Å². The molecule has 0 bridgehead atoms. The maximum atomic E-state index is 13.7. The second-order valence-electron chi connectivity index (χ2n) is 7.08. The molecule has 4 rings (SSSR count). The lowest BCUT2D eigenvalue weighted by Crippen LogP contribution is -2.18. The summed E-state index contributed by atoms with van der Waals surface area (Å²) in [5.74, 6) is -2.06. The Bertz CT molecular complexity index is 1340. The van der Waals surface area contributed by atoms with Gasteiger partial charge in [-0.2, -0.15) is 13.2 Å². The second-order valence-corrected chi connectivity index (χ2v) is 7.94.